The van der Waals surface area contributed by atoms with Crippen molar-refractivity contribution in [1.29, 1.82) is 0 Å². The maximum atomic E-state index is 14.2. The Balaban J connectivity index is 2.08. The first-order valence-electron chi connectivity index (χ1n) is 13.7. The number of sulfonamides is 1. The molecule has 0 aliphatic rings. The molecule has 226 valence electrons. The van der Waals surface area contributed by atoms with Gasteiger partial charge in [0.2, 0.25) is 21.8 Å². The number of benzene rings is 3. The van der Waals surface area contributed by atoms with Gasteiger partial charge in [-0.05, 0) is 60.2 Å². The first-order valence-corrected chi connectivity index (χ1v) is 16.3. The fourth-order valence-corrected chi connectivity index (χ4v) is 5.83. The Hall–Kier alpha value is -3.07. The van der Waals surface area contributed by atoms with E-state index in [1.165, 1.54) is 4.90 Å². The van der Waals surface area contributed by atoms with E-state index in [9.17, 15) is 18.0 Å². The predicted molar refractivity (Wildman–Crippen MR) is 172 cm³/mol. The van der Waals surface area contributed by atoms with Crippen molar-refractivity contribution in [1.82, 2.24) is 10.2 Å². The van der Waals surface area contributed by atoms with Crippen LogP contribution in [0.2, 0.25) is 10.0 Å². The Morgan fingerprint density at radius 1 is 0.929 bits per heavy atom. The van der Waals surface area contributed by atoms with Crippen molar-refractivity contribution < 1.29 is 18.0 Å². The predicted octanol–water partition coefficient (Wildman–Crippen LogP) is 6.22. The van der Waals surface area contributed by atoms with E-state index >= 15 is 0 Å². The summed E-state index contributed by atoms with van der Waals surface area (Å²) >= 11 is 12.6. The van der Waals surface area contributed by atoms with Crippen molar-refractivity contribution in [2.75, 3.05) is 17.1 Å². The Labute approximate surface area is 259 Å². The highest BCUT2D eigenvalue weighted by Crippen LogP contribution is 2.27. The van der Waals surface area contributed by atoms with Gasteiger partial charge < -0.3 is 10.2 Å². The minimum atomic E-state index is -3.86. The summed E-state index contributed by atoms with van der Waals surface area (Å²) in [5.74, 6) is -0.904. The van der Waals surface area contributed by atoms with Crippen LogP contribution < -0.4 is 9.62 Å². The molecule has 0 saturated carbocycles. The van der Waals surface area contributed by atoms with Crippen molar-refractivity contribution in [3.8, 4) is 0 Å². The average Bonchev–Trinajstić information content (AvgIpc) is 2.89. The van der Waals surface area contributed by atoms with Crippen LogP contribution in [0.3, 0.4) is 0 Å². The van der Waals surface area contributed by atoms with Crippen LogP contribution in [0.25, 0.3) is 0 Å². The zero-order valence-electron chi connectivity index (χ0n) is 24.9. The van der Waals surface area contributed by atoms with Gasteiger partial charge in [0.1, 0.15) is 12.6 Å². The Kier molecular flexibility index (Phi) is 11.1. The summed E-state index contributed by atoms with van der Waals surface area (Å²) in [6.45, 7) is 9.34. The molecular weight excluding hydrogens is 593 g/mol. The fourth-order valence-electron chi connectivity index (χ4n) is 4.51. The highest BCUT2D eigenvalue weighted by molar-refractivity contribution is 7.92. The van der Waals surface area contributed by atoms with Gasteiger partial charge in [0.05, 0.1) is 11.9 Å². The molecule has 0 saturated heterocycles. The summed E-state index contributed by atoms with van der Waals surface area (Å²) in [5, 5.41) is 3.69. The van der Waals surface area contributed by atoms with Gasteiger partial charge in [-0.25, -0.2) is 8.42 Å². The standard InChI is InChI=1S/C32H39Cl2N3O4S/c1-22(2)35-31(39)29(18-23-10-8-7-9-11-23)36(20-24-12-15-26(33)19-28(24)34)30(38)21-37(42(6,40)41)27-16-13-25(14-17-27)32(3,4)5/h7-17,19,22,29H,18,20-21H2,1-6H3,(H,35,39)/t29-/m1/s1. The van der Waals surface area contributed by atoms with Crippen LogP contribution >= 0.6 is 23.2 Å². The number of rotatable bonds is 11. The molecule has 0 aliphatic heterocycles. The number of hydrogen-bond donors (Lipinski definition) is 1. The van der Waals surface area contributed by atoms with Crippen LogP contribution in [0.5, 0.6) is 0 Å². The van der Waals surface area contributed by atoms with E-state index in [0.717, 1.165) is 21.7 Å². The lowest BCUT2D eigenvalue weighted by Gasteiger charge is -2.34. The third-order valence-electron chi connectivity index (χ3n) is 6.76. The normalized spacial score (nSPS) is 12.6. The van der Waals surface area contributed by atoms with Gasteiger partial charge in [-0.3, -0.25) is 13.9 Å². The minimum absolute atomic E-state index is 0.0294. The molecule has 3 aromatic rings. The number of nitrogens with zero attached hydrogens (tertiary/aromatic N) is 2. The topological polar surface area (TPSA) is 86.8 Å². The van der Waals surface area contributed by atoms with E-state index < -0.39 is 28.5 Å². The zero-order chi connectivity index (χ0) is 31.2. The zero-order valence-corrected chi connectivity index (χ0v) is 27.2. The molecule has 3 rings (SSSR count). The Bertz CT molecular complexity index is 1490. The molecule has 0 aromatic heterocycles. The van der Waals surface area contributed by atoms with Gasteiger partial charge in [0.25, 0.3) is 0 Å². The van der Waals surface area contributed by atoms with Gasteiger partial charge in [0.15, 0.2) is 0 Å². The highest BCUT2D eigenvalue weighted by atomic mass is 35.5. The van der Waals surface area contributed by atoms with Gasteiger partial charge >= 0.3 is 0 Å². The van der Waals surface area contributed by atoms with Crippen molar-refractivity contribution in [3.05, 3.63) is 99.5 Å². The molecule has 0 aliphatic carbocycles. The molecule has 0 unspecified atom stereocenters. The van der Waals surface area contributed by atoms with Crippen LogP contribution in [-0.2, 0) is 38.0 Å². The molecule has 7 nitrogen and oxygen atoms in total. The lowest BCUT2D eigenvalue weighted by atomic mass is 9.87. The largest absolute Gasteiger partial charge is 0.352 e. The van der Waals surface area contributed by atoms with E-state index in [1.54, 1.807) is 30.3 Å². The van der Waals surface area contributed by atoms with Crippen LogP contribution in [0.15, 0.2) is 72.8 Å². The van der Waals surface area contributed by atoms with Gasteiger partial charge in [0, 0.05) is 29.1 Å². The number of nitrogens with one attached hydrogen (secondary N) is 1. The van der Waals surface area contributed by atoms with Crippen LogP contribution in [0, 0.1) is 0 Å². The first-order chi connectivity index (χ1) is 19.6. The molecule has 10 heteroatoms. The third-order valence-corrected chi connectivity index (χ3v) is 8.49. The second-order valence-corrected chi connectivity index (χ2v) is 14.4. The molecular formula is C32H39Cl2N3O4S. The number of anilines is 1. The van der Waals surface area contributed by atoms with E-state index in [4.69, 9.17) is 23.2 Å². The molecule has 0 heterocycles. The maximum Gasteiger partial charge on any atom is 0.244 e. The van der Waals surface area contributed by atoms with E-state index in [2.05, 4.69) is 26.1 Å². The van der Waals surface area contributed by atoms with Crippen molar-refractivity contribution in [2.24, 2.45) is 0 Å². The van der Waals surface area contributed by atoms with Crippen molar-refractivity contribution in [2.45, 2.75) is 65.1 Å². The SMILES string of the molecule is CC(C)NC(=O)[C@@H](Cc1ccccc1)N(Cc1ccc(Cl)cc1Cl)C(=O)CN(c1ccc(C(C)(C)C)cc1)S(C)(=O)=O. The summed E-state index contributed by atoms with van der Waals surface area (Å²) in [5.41, 5.74) is 2.67. The number of hydrogen-bond acceptors (Lipinski definition) is 4. The summed E-state index contributed by atoms with van der Waals surface area (Å²) < 4.78 is 27.1. The summed E-state index contributed by atoms with van der Waals surface area (Å²) in [7, 11) is -3.86. The van der Waals surface area contributed by atoms with Crippen LogP contribution in [0.1, 0.15) is 51.3 Å². The molecule has 0 bridgehead atoms. The molecule has 1 N–H and O–H groups in total. The number of halogens is 2. The van der Waals surface area contributed by atoms with Gasteiger partial charge in [-0.15, -0.1) is 0 Å². The fraction of sp³-hybridized carbons (Fsp3) is 0.375. The molecule has 3 aromatic carbocycles. The molecule has 0 spiro atoms. The van der Waals surface area contributed by atoms with Crippen LogP contribution in [0.4, 0.5) is 5.69 Å². The molecule has 1 atom stereocenters. The quantitative estimate of drug-likeness (QED) is 0.272. The molecule has 2 amide bonds. The van der Waals surface area contributed by atoms with E-state index in [-0.39, 0.29) is 30.3 Å². The smallest absolute Gasteiger partial charge is 0.244 e. The van der Waals surface area contributed by atoms with E-state index in [0.29, 0.717) is 21.3 Å². The first kappa shape index (κ1) is 33.4. The number of carbonyl (C=O) groups is 2. The average molecular weight is 633 g/mol. The lowest BCUT2D eigenvalue weighted by Crippen LogP contribution is -2.54. The monoisotopic (exact) mass is 631 g/mol. The summed E-state index contributed by atoms with van der Waals surface area (Å²) in [6.07, 6.45) is 1.28. The maximum absolute atomic E-state index is 14.2. The highest BCUT2D eigenvalue weighted by Gasteiger charge is 2.33. The number of amides is 2. The van der Waals surface area contributed by atoms with E-state index in [1.807, 2.05) is 56.3 Å². The molecule has 42 heavy (non-hydrogen) atoms. The molecule has 0 fully saturated rings. The van der Waals surface area contributed by atoms with Gasteiger partial charge in [-0.2, -0.15) is 0 Å². The summed E-state index contributed by atoms with van der Waals surface area (Å²) in [6, 6.07) is 20.3. The summed E-state index contributed by atoms with van der Waals surface area (Å²) in [4.78, 5) is 29.2. The minimum Gasteiger partial charge on any atom is -0.352 e. The third kappa shape index (κ3) is 9.21. The Morgan fingerprint density at radius 2 is 1.55 bits per heavy atom. The van der Waals surface area contributed by atoms with Crippen LogP contribution in [-0.4, -0.2) is 50.0 Å². The molecule has 0 radical (unpaired) electrons. The second kappa shape index (κ2) is 13.9. The van der Waals surface area contributed by atoms with Gasteiger partial charge in [-0.1, -0.05) is 92.5 Å². The van der Waals surface area contributed by atoms with Crippen molar-refractivity contribution >= 4 is 50.7 Å². The Morgan fingerprint density at radius 3 is 2.07 bits per heavy atom. The number of carbonyl (C=O) groups excluding carboxylic acids is 2. The lowest BCUT2D eigenvalue weighted by molar-refractivity contribution is -0.140. The van der Waals surface area contributed by atoms with Crippen molar-refractivity contribution in [3.63, 3.8) is 0 Å². The second-order valence-electron chi connectivity index (χ2n) is 11.7.